The van der Waals surface area contributed by atoms with Gasteiger partial charge in [0.05, 0.1) is 26.1 Å². The topological polar surface area (TPSA) is 279 Å². The van der Waals surface area contributed by atoms with Crippen molar-refractivity contribution in [3.05, 3.63) is 104 Å². The molecule has 4 N–H and O–H groups in total. The summed E-state index contributed by atoms with van der Waals surface area (Å²) >= 11 is 8.37. The lowest BCUT2D eigenvalue weighted by Crippen LogP contribution is -2.61. The van der Waals surface area contributed by atoms with Gasteiger partial charge in [0.2, 0.25) is 70.9 Å². The second kappa shape index (κ2) is 39.5. The predicted octanol–water partition coefficient (Wildman–Crippen LogP) is 5.48. The first-order chi connectivity index (χ1) is 47.1. The molecule has 2 heterocycles. The Labute approximate surface area is 608 Å². The van der Waals surface area contributed by atoms with Crippen molar-refractivity contribution in [3.8, 4) is 0 Å². The van der Waals surface area contributed by atoms with Crippen LogP contribution in [-0.2, 0) is 76.8 Å². The van der Waals surface area contributed by atoms with Gasteiger partial charge in [0.15, 0.2) is 0 Å². The Morgan fingerprint density at radius 2 is 1.09 bits per heavy atom. The van der Waals surface area contributed by atoms with Crippen LogP contribution in [0.15, 0.2) is 72.8 Å². The molecule has 100 heavy (non-hydrogen) atoms. The highest BCUT2D eigenvalue weighted by molar-refractivity contribution is 14.1. The van der Waals surface area contributed by atoms with Crippen LogP contribution in [0.1, 0.15) is 129 Å². The molecule has 2 fully saturated rings. The molecule has 0 spiro atoms. The van der Waals surface area contributed by atoms with Crippen LogP contribution in [0.4, 0.5) is 4.39 Å². The van der Waals surface area contributed by atoms with E-state index in [1.807, 2.05) is 53.7 Å². The molecule has 0 aromatic heterocycles. The number of nitrogens with one attached hydrogen (secondary N) is 4. The Hall–Kier alpha value is -7.75. The van der Waals surface area contributed by atoms with Gasteiger partial charge in [-0.2, -0.15) is 0 Å². The van der Waals surface area contributed by atoms with Gasteiger partial charge in [-0.25, -0.2) is 4.39 Å². The SMILES string of the molecule is CCCC[C@@H]1NC(=O)[C@H](Cc2cccc(I)c2)NC(=O)CN(C)C(=O)[C@H](Cc2ccc(Cl)cc2)N(C)C(=O)CN(C)C(=O)CN(C)C(=O)[C@H]([C@@H](C)CC)NC(=O)[C@H](CC(C)C)N(C)C(=O)C[C@@H](C(=O)N2CCCCC2)N(C)C(=O)[C@H](CC(C)C)NC(=O)[C@H](Cc2ccc(F)cc2)N(C)C1=O. The molecule has 550 valence electrons. The van der Waals surface area contributed by atoms with Crippen molar-refractivity contribution < 1.29 is 61.9 Å². The van der Waals surface area contributed by atoms with E-state index in [0.29, 0.717) is 66.9 Å². The summed E-state index contributed by atoms with van der Waals surface area (Å²) in [5, 5.41) is 11.9. The van der Waals surface area contributed by atoms with E-state index < -0.39 is 157 Å². The zero-order valence-electron chi connectivity index (χ0n) is 60.6. The molecule has 27 heteroatoms. The molecule has 3 aromatic rings. The summed E-state index contributed by atoms with van der Waals surface area (Å²) in [6, 6.07) is 8.50. The van der Waals surface area contributed by atoms with E-state index in [-0.39, 0.29) is 50.4 Å². The molecule has 0 radical (unpaired) electrons. The summed E-state index contributed by atoms with van der Waals surface area (Å²) in [5.74, 6) is -9.93. The summed E-state index contributed by atoms with van der Waals surface area (Å²) in [7, 11) is 9.67. The molecular weight excluding hydrogens is 1420 g/mol. The molecule has 5 rings (SSSR count). The van der Waals surface area contributed by atoms with Crippen LogP contribution in [0, 0.1) is 27.1 Å². The third-order valence-corrected chi connectivity index (χ3v) is 19.7. The number of hydrogen-bond donors (Lipinski definition) is 4. The maximum atomic E-state index is 15.4. The van der Waals surface area contributed by atoms with Crippen LogP contribution in [-0.4, -0.2) is 240 Å². The third-order valence-electron chi connectivity index (χ3n) is 18.8. The van der Waals surface area contributed by atoms with Crippen LogP contribution in [0.3, 0.4) is 0 Å². The minimum absolute atomic E-state index is 0.0223. The molecule has 24 nitrogen and oxygen atoms in total. The normalized spacial score (nSPS) is 23.4. The Morgan fingerprint density at radius 1 is 0.540 bits per heavy atom. The summed E-state index contributed by atoms with van der Waals surface area (Å²) in [4.78, 5) is 188. The van der Waals surface area contributed by atoms with Gasteiger partial charge in [-0.1, -0.05) is 116 Å². The van der Waals surface area contributed by atoms with Crippen LogP contribution < -0.4 is 21.3 Å². The van der Waals surface area contributed by atoms with Crippen molar-refractivity contribution in [2.45, 2.75) is 180 Å². The smallest absolute Gasteiger partial charge is 0.245 e. The molecule has 0 saturated carbocycles. The monoisotopic (exact) mass is 1520 g/mol. The highest BCUT2D eigenvalue weighted by atomic mass is 127. The fraction of sp³-hybridized carbons (Fsp3) is 0.589. The van der Waals surface area contributed by atoms with Gasteiger partial charge in [-0.05, 0) is 132 Å². The number of carbonyl (C=O) groups excluding carboxylic acids is 12. The van der Waals surface area contributed by atoms with Crippen LogP contribution in [0.5, 0.6) is 0 Å². The Bertz CT molecular complexity index is 3340. The maximum absolute atomic E-state index is 15.4. The lowest BCUT2D eigenvalue weighted by Gasteiger charge is -2.38. The lowest BCUT2D eigenvalue weighted by molar-refractivity contribution is -0.151. The number of benzene rings is 3. The largest absolute Gasteiger partial charge is 0.343 e. The molecule has 9 atom stereocenters. The van der Waals surface area contributed by atoms with E-state index in [9.17, 15) is 42.7 Å². The van der Waals surface area contributed by atoms with E-state index in [0.717, 1.165) is 34.5 Å². The van der Waals surface area contributed by atoms with Crippen molar-refractivity contribution in [2.75, 3.05) is 82.1 Å². The molecule has 0 aliphatic carbocycles. The van der Waals surface area contributed by atoms with Crippen LogP contribution in [0.25, 0.3) is 0 Å². The average molecular weight is 1520 g/mol. The number of halogens is 3. The molecule has 0 unspecified atom stereocenters. The van der Waals surface area contributed by atoms with Gasteiger partial charge in [0, 0.05) is 90.3 Å². The van der Waals surface area contributed by atoms with E-state index in [1.165, 1.54) is 83.4 Å². The number of amides is 12. The van der Waals surface area contributed by atoms with Gasteiger partial charge in [0.1, 0.15) is 54.2 Å². The summed E-state index contributed by atoms with van der Waals surface area (Å²) < 4.78 is 15.4. The van der Waals surface area contributed by atoms with Crippen LogP contribution >= 0.6 is 34.2 Å². The third kappa shape index (κ3) is 24.2. The Kier molecular flexibility index (Phi) is 32.7. The summed E-state index contributed by atoms with van der Waals surface area (Å²) in [6.07, 6.45) is 2.82. The van der Waals surface area contributed by atoms with Crippen molar-refractivity contribution in [1.82, 2.24) is 60.5 Å². The van der Waals surface area contributed by atoms with E-state index in [4.69, 9.17) is 11.6 Å². The second-order valence-electron chi connectivity index (χ2n) is 27.7. The molecule has 2 aliphatic rings. The number of piperidine rings is 1. The average Bonchev–Trinajstić information content (AvgIpc) is 0.821. The van der Waals surface area contributed by atoms with E-state index in [1.54, 1.807) is 48.2 Å². The molecular formula is C73H105ClFIN12O12. The fourth-order valence-corrected chi connectivity index (χ4v) is 13.0. The number of unbranched alkanes of at least 4 members (excludes halogenated alkanes) is 1. The van der Waals surface area contributed by atoms with Crippen molar-refractivity contribution in [3.63, 3.8) is 0 Å². The molecule has 3 aromatic carbocycles. The second-order valence-corrected chi connectivity index (χ2v) is 29.4. The molecule has 2 saturated heterocycles. The minimum Gasteiger partial charge on any atom is -0.343 e. The molecule has 12 amide bonds. The zero-order chi connectivity index (χ0) is 74.4. The Balaban J connectivity index is 1.67. The van der Waals surface area contributed by atoms with Crippen molar-refractivity contribution >= 4 is 105 Å². The quantitative estimate of drug-likeness (QED) is 0.130. The predicted molar refractivity (Wildman–Crippen MR) is 388 cm³/mol. The first kappa shape index (κ1) is 82.9. The van der Waals surface area contributed by atoms with Gasteiger partial charge in [-0.15, -0.1) is 0 Å². The number of nitrogens with zero attached hydrogens (tertiary/aromatic N) is 8. The number of hydrogen-bond acceptors (Lipinski definition) is 12. The highest BCUT2D eigenvalue weighted by Crippen LogP contribution is 2.24. The van der Waals surface area contributed by atoms with Crippen LogP contribution in [0.2, 0.25) is 5.02 Å². The number of likely N-dealkylation sites (N-methyl/N-ethyl adjacent to an activating group) is 7. The van der Waals surface area contributed by atoms with Crippen molar-refractivity contribution in [2.24, 2.45) is 17.8 Å². The number of rotatable bonds is 16. The van der Waals surface area contributed by atoms with Gasteiger partial charge >= 0.3 is 0 Å². The van der Waals surface area contributed by atoms with Gasteiger partial charge in [-0.3, -0.25) is 57.5 Å². The van der Waals surface area contributed by atoms with E-state index in [2.05, 4.69) is 43.9 Å². The lowest BCUT2D eigenvalue weighted by atomic mass is 9.95. The number of likely N-dealkylation sites (tertiary alicyclic amines) is 1. The van der Waals surface area contributed by atoms with Gasteiger partial charge in [0.25, 0.3) is 0 Å². The first-order valence-corrected chi connectivity index (χ1v) is 36.1. The standard InChI is InChI=1S/C73H105ClFIN12O12/c1-15-17-24-54-69(96)86(13)58(39-49-27-31-52(75)32-28-49)67(94)79-56(35-45(3)4)70(97)87(14)60(72(99)88-33-19-18-20-34-88)41-62(90)84(11)57(36-46(5)6)68(95)80-65(47(7)16-2)73(100)83(10)43-63(91)81(8)44-64(92)85(12)59(40-48-25-29-51(74)30-26-48)71(98)82(9)42-61(89)77-55(66(93)78-54)38-50-22-21-23-53(76)37-50/h21-23,25-32,37,45-47,54-60,65H,15-20,24,33-36,38-44H2,1-14H3,(H,77,89)(H,78,93)(H,79,94)(H,80,95)/t47-,54-,55-,56-,57-,58-,59-,60-,65-/m0/s1. The van der Waals surface area contributed by atoms with Crippen molar-refractivity contribution in [1.29, 1.82) is 0 Å². The highest BCUT2D eigenvalue weighted by Gasteiger charge is 2.42. The molecule has 2 aliphatic heterocycles. The summed E-state index contributed by atoms with van der Waals surface area (Å²) in [6.45, 7) is 11.8. The molecule has 0 bridgehead atoms. The van der Waals surface area contributed by atoms with E-state index >= 15 is 19.2 Å². The first-order valence-electron chi connectivity index (χ1n) is 34.7. The summed E-state index contributed by atoms with van der Waals surface area (Å²) in [5.41, 5.74) is 1.66. The zero-order valence-corrected chi connectivity index (χ0v) is 63.5. The number of carbonyl (C=O) groups is 12. The fourth-order valence-electron chi connectivity index (χ4n) is 12.3. The maximum Gasteiger partial charge on any atom is 0.245 e. The Morgan fingerprint density at radius 3 is 1.68 bits per heavy atom. The van der Waals surface area contributed by atoms with Gasteiger partial charge < -0.3 is 60.5 Å². The minimum atomic E-state index is -1.45.